The Morgan fingerprint density at radius 3 is 2.80 bits per heavy atom. The van der Waals surface area contributed by atoms with Crippen LogP contribution in [0.25, 0.3) is 0 Å². The minimum atomic E-state index is -3.51. The first-order chi connectivity index (χ1) is 7.00. The Balaban J connectivity index is 2.20. The number of hydrogen-bond donors (Lipinski definition) is 2. The summed E-state index contributed by atoms with van der Waals surface area (Å²) in [6.45, 7) is 0.493. The van der Waals surface area contributed by atoms with E-state index < -0.39 is 10.0 Å². The quantitative estimate of drug-likeness (QED) is 0.742. The van der Waals surface area contributed by atoms with Gasteiger partial charge in [-0.25, -0.2) is 18.1 Å². The van der Waals surface area contributed by atoms with Crippen molar-refractivity contribution in [2.45, 2.75) is 17.9 Å². The number of nitrogens with one attached hydrogen (secondary N) is 1. The van der Waals surface area contributed by atoms with Crippen LogP contribution >= 0.6 is 0 Å². The van der Waals surface area contributed by atoms with Crippen LogP contribution in [0.4, 0.5) is 5.82 Å². The average molecular weight is 230 g/mol. The number of aromatic nitrogens is 2. The van der Waals surface area contributed by atoms with Crippen molar-refractivity contribution in [2.24, 2.45) is 13.0 Å². The molecule has 3 N–H and O–H groups in total. The molecule has 15 heavy (non-hydrogen) atoms. The molecule has 1 aliphatic carbocycles. The van der Waals surface area contributed by atoms with Crippen LogP contribution in [-0.2, 0) is 17.1 Å². The zero-order chi connectivity index (χ0) is 11.1. The first-order valence-electron chi connectivity index (χ1n) is 4.77. The smallest absolute Gasteiger partial charge is 0.260 e. The molecule has 1 aromatic heterocycles. The van der Waals surface area contributed by atoms with Crippen LogP contribution in [-0.4, -0.2) is 24.5 Å². The molecule has 7 heteroatoms. The molecule has 0 spiro atoms. The number of nitrogen functional groups attached to an aromatic ring is 1. The summed E-state index contributed by atoms with van der Waals surface area (Å²) >= 11 is 0. The molecule has 0 aliphatic heterocycles. The first kappa shape index (κ1) is 10.4. The van der Waals surface area contributed by atoms with Gasteiger partial charge in [0, 0.05) is 13.6 Å². The number of anilines is 1. The number of nitrogens with zero attached hydrogens (tertiary/aromatic N) is 2. The molecule has 1 fully saturated rings. The summed E-state index contributed by atoms with van der Waals surface area (Å²) < 4.78 is 27.6. The number of rotatable bonds is 4. The molecule has 1 aliphatic rings. The van der Waals surface area contributed by atoms with Crippen LogP contribution in [0.2, 0.25) is 0 Å². The van der Waals surface area contributed by atoms with Gasteiger partial charge in [0.25, 0.3) is 10.0 Å². The third-order valence-electron chi connectivity index (χ3n) is 2.42. The summed E-state index contributed by atoms with van der Waals surface area (Å²) in [4.78, 5) is 3.75. The van der Waals surface area contributed by atoms with E-state index >= 15 is 0 Å². The van der Waals surface area contributed by atoms with Crippen LogP contribution < -0.4 is 10.5 Å². The lowest BCUT2D eigenvalue weighted by Gasteiger charge is -2.06. The molecule has 0 saturated heterocycles. The van der Waals surface area contributed by atoms with Gasteiger partial charge >= 0.3 is 0 Å². The van der Waals surface area contributed by atoms with Crippen molar-refractivity contribution >= 4 is 15.8 Å². The number of sulfonamides is 1. The summed E-state index contributed by atoms with van der Waals surface area (Å²) in [6.07, 6.45) is 3.59. The molecule has 2 rings (SSSR count). The fourth-order valence-corrected chi connectivity index (χ4v) is 2.73. The summed E-state index contributed by atoms with van der Waals surface area (Å²) in [7, 11) is -1.90. The maximum Gasteiger partial charge on any atom is 0.260 e. The van der Waals surface area contributed by atoms with Gasteiger partial charge < -0.3 is 10.3 Å². The van der Waals surface area contributed by atoms with E-state index in [-0.39, 0.29) is 10.8 Å². The normalized spacial score (nSPS) is 16.9. The SMILES string of the molecule is Cn1cnc(N)c1S(=O)(=O)NCC1CC1. The number of hydrogen-bond acceptors (Lipinski definition) is 4. The summed E-state index contributed by atoms with van der Waals surface area (Å²) in [5.74, 6) is 0.537. The zero-order valence-corrected chi connectivity index (χ0v) is 9.29. The molecule has 0 bridgehead atoms. The highest BCUT2D eigenvalue weighted by molar-refractivity contribution is 7.89. The average Bonchev–Trinajstić information content (AvgIpc) is 2.90. The maximum absolute atomic E-state index is 11.8. The lowest BCUT2D eigenvalue weighted by Crippen LogP contribution is -2.28. The van der Waals surface area contributed by atoms with Gasteiger partial charge in [0.2, 0.25) is 0 Å². The van der Waals surface area contributed by atoms with Crippen LogP contribution in [0.15, 0.2) is 11.4 Å². The van der Waals surface area contributed by atoms with Gasteiger partial charge in [-0.05, 0) is 18.8 Å². The largest absolute Gasteiger partial charge is 0.381 e. The Morgan fingerprint density at radius 1 is 1.67 bits per heavy atom. The van der Waals surface area contributed by atoms with Crippen LogP contribution in [0.1, 0.15) is 12.8 Å². The number of nitrogens with two attached hydrogens (primary N) is 1. The molecular weight excluding hydrogens is 216 g/mol. The van der Waals surface area contributed by atoms with E-state index in [9.17, 15) is 8.42 Å². The molecule has 84 valence electrons. The van der Waals surface area contributed by atoms with Crippen molar-refractivity contribution in [3.63, 3.8) is 0 Å². The minimum absolute atomic E-state index is 0.0424. The maximum atomic E-state index is 11.8. The van der Waals surface area contributed by atoms with Crippen molar-refractivity contribution in [1.82, 2.24) is 14.3 Å². The summed E-state index contributed by atoms with van der Waals surface area (Å²) in [5.41, 5.74) is 5.50. The second-order valence-electron chi connectivity index (χ2n) is 3.84. The summed E-state index contributed by atoms with van der Waals surface area (Å²) in [6, 6.07) is 0. The van der Waals surface area contributed by atoms with Gasteiger partial charge in [-0.2, -0.15) is 0 Å². The predicted molar refractivity (Wildman–Crippen MR) is 55.5 cm³/mol. The van der Waals surface area contributed by atoms with E-state index in [2.05, 4.69) is 9.71 Å². The lowest BCUT2D eigenvalue weighted by molar-refractivity contribution is 0.568. The molecule has 0 radical (unpaired) electrons. The second-order valence-corrected chi connectivity index (χ2v) is 5.52. The number of aryl methyl sites for hydroxylation is 1. The minimum Gasteiger partial charge on any atom is -0.381 e. The Labute approximate surface area is 88.5 Å². The predicted octanol–water partition coefficient (Wildman–Crippen LogP) is -0.309. The van der Waals surface area contributed by atoms with Crippen LogP contribution in [0.5, 0.6) is 0 Å². The fraction of sp³-hybridized carbons (Fsp3) is 0.625. The topological polar surface area (TPSA) is 90.0 Å². The Kier molecular flexibility index (Phi) is 2.43. The van der Waals surface area contributed by atoms with E-state index in [1.165, 1.54) is 10.9 Å². The molecule has 6 nitrogen and oxygen atoms in total. The lowest BCUT2D eigenvalue weighted by atomic mass is 10.4. The van der Waals surface area contributed by atoms with Gasteiger partial charge in [0.05, 0.1) is 6.33 Å². The second kappa shape index (κ2) is 3.49. The molecule has 0 amide bonds. The monoisotopic (exact) mass is 230 g/mol. The van der Waals surface area contributed by atoms with E-state index in [4.69, 9.17) is 5.73 Å². The van der Waals surface area contributed by atoms with Gasteiger partial charge in [-0.3, -0.25) is 0 Å². The first-order valence-corrected chi connectivity index (χ1v) is 6.25. The Morgan fingerprint density at radius 2 is 2.33 bits per heavy atom. The van der Waals surface area contributed by atoms with E-state index in [0.29, 0.717) is 12.5 Å². The van der Waals surface area contributed by atoms with Crippen molar-refractivity contribution in [3.8, 4) is 0 Å². The Hall–Kier alpha value is -1.08. The highest BCUT2D eigenvalue weighted by Crippen LogP contribution is 2.28. The molecule has 0 unspecified atom stereocenters. The van der Waals surface area contributed by atoms with E-state index in [1.54, 1.807) is 7.05 Å². The molecule has 1 saturated carbocycles. The fourth-order valence-electron chi connectivity index (χ4n) is 1.38. The van der Waals surface area contributed by atoms with Gasteiger partial charge in [0.15, 0.2) is 10.8 Å². The van der Waals surface area contributed by atoms with Gasteiger partial charge in [-0.1, -0.05) is 0 Å². The zero-order valence-electron chi connectivity index (χ0n) is 8.47. The summed E-state index contributed by atoms with van der Waals surface area (Å²) in [5, 5.41) is 0.0446. The molecule has 0 atom stereocenters. The molecule has 1 heterocycles. The highest BCUT2D eigenvalue weighted by Gasteiger charge is 2.27. The van der Waals surface area contributed by atoms with E-state index in [0.717, 1.165) is 12.8 Å². The van der Waals surface area contributed by atoms with E-state index in [1.807, 2.05) is 0 Å². The number of imidazole rings is 1. The molecule has 1 aromatic rings. The van der Waals surface area contributed by atoms with Crippen molar-refractivity contribution in [3.05, 3.63) is 6.33 Å². The van der Waals surface area contributed by atoms with Crippen molar-refractivity contribution in [1.29, 1.82) is 0 Å². The van der Waals surface area contributed by atoms with Crippen molar-refractivity contribution in [2.75, 3.05) is 12.3 Å². The van der Waals surface area contributed by atoms with Gasteiger partial charge in [-0.15, -0.1) is 0 Å². The van der Waals surface area contributed by atoms with Crippen LogP contribution in [0.3, 0.4) is 0 Å². The van der Waals surface area contributed by atoms with Gasteiger partial charge in [0.1, 0.15) is 0 Å². The molecular formula is C8H14N4O2S. The van der Waals surface area contributed by atoms with Crippen LogP contribution in [0, 0.1) is 5.92 Å². The van der Waals surface area contributed by atoms with Crippen molar-refractivity contribution < 1.29 is 8.42 Å². The molecule has 0 aromatic carbocycles. The third kappa shape index (κ3) is 2.13. The highest BCUT2D eigenvalue weighted by atomic mass is 32.2. The third-order valence-corrected chi connectivity index (χ3v) is 3.98. The Bertz CT molecular complexity index is 441. The standard InChI is InChI=1S/C8H14N4O2S/c1-12-5-10-7(9)8(12)15(13,14)11-4-6-2-3-6/h5-6,11H,2-4,9H2,1H3.